The molecule has 1 unspecified atom stereocenters. The number of ether oxygens (including phenoxy) is 1. The van der Waals surface area contributed by atoms with Gasteiger partial charge in [0.1, 0.15) is 0 Å². The van der Waals surface area contributed by atoms with E-state index in [1.165, 1.54) is 18.4 Å². The van der Waals surface area contributed by atoms with Gasteiger partial charge in [-0.1, -0.05) is 43.7 Å². The van der Waals surface area contributed by atoms with Crippen LogP contribution < -0.4 is 5.32 Å². The molecule has 0 aliphatic rings. The van der Waals surface area contributed by atoms with Crippen LogP contribution >= 0.6 is 0 Å². The number of nitrogens with one attached hydrogen (secondary N) is 1. The number of hydrogen-bond donors (Lipinski definition) is 1. The first-order valence-corrected chi connectivity index (χ1v) is 6.22. The van der Waals surface area contributed by atoms with Crippen LogP contribution in [0.4, 0.5) is 0 Å². The fourth-order valence-corrected chi connectivity index (χ4v) is 1.55. The highest BCUT2D eigenvalue weighted by atomic mass is 16.5. The third-order valence-corrected chi connectivity index (χ3v) is 2.62. The van der Waals surface area contributed by atoms with Gasteiger partial charge in [-0.2, -0.15) is 0 Å². The summed E-state index contributed by atoms with van der Waals surface area (Å²) in [5, 5.41) is 3.37. The fourth-order valence-electron chi connectivity index (χ4n) is 1.55. The van der Waals surface area contributed by atoms with Crippen molar-refractivity contribution in [3.63, 3.8) is 0 Å². The smallest absolute Gasteiger partial charge is 0.0797 e. The van der Waals surface area contributed by atoms with Crippen molar-refractivity contribution in [2.24, 2.45) is 0 Å². The molecule has 0 radical (unpaired) electrons. The van der Waals surface area contributed by atoms with Gasteiger partial charge < -0.3 is 10.1 Å². The zero-order valence-corrected chi connectivity index (χ0v) is 10.4. The van der Waals surface area contributed by atoms with Gasteiger partial charge in [0.2, 0.25) is 0 Å². The number of unbranched alkanes of at least 4 members (excludes halogenated alkanes) is 1. The first kappa shape index (κ1) is 13.2. The Morgan fingerprint density at radius 2 is 1.94 bits per heavy atom. The van der Waals surface area contributed by atoms with E-state index in [1.807, 2.05) is 6.07 Å². The van der Waals surface area contributed by atoms with Gasteiger partial charge in [-0.25, -0.2) is 0 Å². The molecule has 0 aromatic heterocycles. The molecular formula is C14H23NO. The maximum absolute atomic E-state index is 5.75. The zero-order chi connectivity index (χ0) is 11.6. The van der Waals surface area contributed by atoms with Crippen LogP contribution in [-0.4, -0.2) is 19.7 Å². The Kier molecular flexibility index (Phi) is 6.86. The minimum absolute atomic E-state index is 0.189. The van der Waals surface area contributed by atoms with Gasteiger partial charge >= 0.3 is 0 Å². The molecule has 16 heavy (non-hydrogen) atoms. The third-order valence-electron chi connectivity index (χ3n) is 2.62. The molecule has 1 rings (SSSR count). The van der Waals surface area contributed by atoms with E-state index in [0.29, 0.717) is 0 Å². The molecule has 0 saturated carbocycles. The molecular weight excluding hydrogens is 198 g/mol. The third kappa shape index (κ3) is 5.29. The first-order chi connectivity index (χ1) is 7.84. The van der Waals surface area contributed by atoms with Crippen molar-refractivity contribution in [3.05, 3.63) is 35.9 Å². The largest absolute Gasteiger partial charge is 0.373 e. The maximum Gasteiger partial charge on any atom is 0.0797 e. The summed E-state index contributed by atoms with van der Waals surface area (Å²) < 4.78 is 5.75. The molecule has 0 heterocycles. The first-order valence-electron chi connectivity index (χ1n) is 6.22. The predicted octanol–water partition coefficient (Wildman–Crippen LogP) is 3.15. The fraction of sp³-hybridized carbons (Fsp3) is 0.571. The summed E-state index contributed by atoms with van der Waals surface area (Å²) in [5.74, 6) is 0. The Morgan fingerprint density at radius 3 is 2.62 bits per heavy atom. The van der Waals surface area contributed by atoms with Gasteiger partial charge in [0.15, 0.2) is 0 Å². The molecule has 0 amide bonds. The van der Waals surface area contributed by atoms with E-state index < -0.39 is 0 Å². The normalized spacial score (nSPS) is 12.6. The van der Waals surface area contributed by atoms with Gasteiger partial charge in [-0.15, -0.1) is 0 Å². The minimum Gasteiger partial charge on any atom is -0.373 e. The van der Waals surface area contributed by atoms with Crippen molar-refractivity contribution in [2.75, 3.05) is 19.7 Å². The Hall–Kier alpha value is -0.860. The lowest BCUT2D eigenvalue weighted by molar-refractivity contribution is 0.0678. The van der Waals surface area contributed by atoms with Crippen LogP contribution in [0.2, 0.25) is 0 Å². The molecule has 0 fully saturated rings. The maximum atomic E-state index is 5.75. The summed E-state index contributed by atoms with van der Waals surface area (Å²) in [7, 11) is 0. The zero-order valence-electron chi connectivity index (χ0n) is 10.4. The average Bonchev–Trinajstić information content (AvgIpc) is 2.34. The highest BCUT2D eigenvalue weighted by Gasteiger charge is 2.03. The number of rotatable bonds is 8. The molecule has 0 saturated heterocycles. The predicted molar refractivity (Wildman–Crippen MR) is 68.6 cm³/mol. The molecule has 1 aromatic carbocycles. The number of benzene rings is 1. The van der Waals surface area contributed by atoms with Crippen molar-refractivity contribution in [2.45, 2.75) is 32.8 Å². The molecule has 90 valence electrons. The Labute approximate surface area is 99.0 Å². The average molecular weight is 221 g/mol. The van der Waals surface area contributed by atoms with E-state index in [0.717, 1.165) is 19.7 Å². The second-order valence-corrected chi connectivity index (χ2v) is 4.03. The van der Waals surface area contributed by atoms with Crippen molar-refractivity contribution >= 4 is 0 Å². The van der Waals surface area contributed by atoms with E-state index in [2.05, 4.69) is 43.4 Å². The molecule has 2 heteroatoms. The van der Waals surface area contributed by atoms with Crippen LogP contribution in [0.5, 0.6) is 0 Å². The van der Waals surface area contributed by atoms with Crippen LogP contribution in [0.3, 0.4) is 0 Å². The van der Waals surface area contributed by atoms with E-state index in [-0.39, 0.29) is 6.10 Å². The second-order valence-electron chi connectivity index (χ2n) is 4.03. The topological polar surface area (TPSA) is 21.3 Å². The summed E-state index contributed by atoms with van der Waals surface area (Å²) in [4.78, 5) is 0. The van der Waals surface area contributed by atoms with Gasteiger partial charge in [-0.3, -0.25) is 0 Å². The molecule has 2 nitrogen and oxygen atoms in total. The van der Waals surface area contributed by atoms with Crippen molar-refractivity contribution in [3.8, 4) is 0 Å². The SMILES string of the molecule is CCCCNCCOC(C)c1ccccc1. The molecule has 0 aliphatic heterocycles. The molecule has 1 aromatic rings. The Morgan fingerprint density at radius 1 is 1.19 bits per heavy atom. The summed E-state index contributed by atoms with van der Waals surface area (Å²) >= 11 is 0. The van der Waals surface area contributed by atoms with Gasteiger partial charge in [0, 0.05) is 6.54 Å². The monoisotopic (exact) mass is 221 g/mol. The van der Waals surface area contributed by atoms with Crippen molar-refractivity contribution in [1.29, 1.82) is 0 Å². The quantitative estimate of drug-likeness (QED) is 0.681. The van der Waals surface area contributed by atoms with Crippen LogP contribution in [0.15, 0.2) is 30.3 Å². The summed E-state index contributed by atoms with van der Waals surface area (Å²) in [5.41, 5.74) is 1.25. The molecule has 0 spiro atoms. The molecule has 1 N–H and O–H groups in total. The molecule has 0 aliphatic carbocycles. The van der Waals surface area contributed by atoms with Crippen LogP contribution in [0, 0.1) is 0 Å². The minimum atomic E-state index is 0.189. The lowest BCUT2D eigenvalue weighted by Gasteiger charge is -2.13. The summed E-state index contributed by atoms with van der Waals surface area (Å²) in [6.45, 7) is 7.12. The molecule has 0 bridgehead atoms. The van der Waals surface area contributed by atoms with Gasteiger partial charge in [0.25, 0.3) is 0 Å². The second kappa shape index (κ2) is 8.31. The van der Waals surface area contributed by atoms with E-state index >= 15 is 0 Å². The highest BCUT2D eigenvalue weighted by Crippen LogP contribution is 2.14. The van der Waals surface area contributed by atoms with E-state index in [1.54, 1.807) is 0 Å². The number of hydrogen-bond acceptors (Lipinski definition) is 2. The lowest BCUT2D eigenvalue weighted by atomic mass is 10.1. The van der Waals surface area contributed by atoms with Crippen LogP contribution in [0.25, 0.3) is 0 Å². The Balaban J connectivity index is 2.09. The highest BCUT2D eigenvalue weighted by molar-refractivity contribution is 5.16. The molecule has 1 atom stereocenters. The van der Waals surface area contributed by atoms with E-state index in [9.17, 15) is 0 Å². The summed E-state index contributed by atoms with van der Waals surface area (Å²) in [6, 6.07) is 10.3. The lowest BCUT2D eigenvalue weighted by Crippen LogP contribution is -2.21. The van der Waals surface area contributed by atoms with Crippen LogP contribution in [0.1, 0.15) is 38.4 Å². The Bertz CT molecular complexity index is 261. The van der Waals surface area contributed by atoms with Crippen molar-refractivity contribution < 1.29 is 4.74 Å². The van der Waals surface area contributed by atoms with Crippen molar-refractivity contribution in [1.82, 2.24) is 5.32 Å². The van der Waals surface area contributed by atoms with E-state index in [4.69, 9.17) is 4.74 Å². The van der Waals surface area contributed by atoms with Gasteiger partial charge in [-0.05, 0) is 25.5 Å². The summed E-state index contributed by atoms with van der Waals surface area (Å²) in [6.07, 6.45) is 2.68. The standard InChI is InChI=1S/C14H23NO/c1-3-4-10-15-11-12-16-13(2)14-8-6-5-7-9-14/h5-9,13,15H,3-4,10-12H2,1-2H3. The van der Waals surface area contributed by atoms with Gasteiger partial charge in [0.05, 0.1) is 12.7 Å². The van der Waals surface area contributed by atoms with Crippen LogP contribution in [-0.2, 0) is 4.74 Å².